The molecule has 0 spiro atoms. The number of rotatable bonds is 7. The first-order chi connectivity index (χ1) is 12.2. The molecule has 0 heterocycles. The van der Waals surface area contributed by atoms with Gasteiger partial charge in [-0.25, -0.2) is 18.6 Å². The van der Waals surface area contributed by atoms with E-state index >= 15 is 0 Å². The van der Waals surface area contributed by atoms with Gasteiger partial charge in [0.05, 0.1) is 21.5 Å². The molecule has 6 nitrogen and oxygen atoms in total. The number of hydrazine groups is 1. The Kier molecular flexibility index (Phi) is 7.02. The second kappa shape index (κ2) is 8.83. The topological polar surface area (TPSA) is 84.5 Å². The van der Waals surface area contributed by atoms with Crippen LogP contribution in [0.2, 0.25) is 10.0 Å². The summed E-state index contributed by atoms with van der Waals surface area (Å²) in [5.74, 6) is -0.655. The Labute approximate surface area is 162 Å². The van der Waals surface area contributed by atoms with Gasteiger partial charge in [0.1, 0.15) is 6.04 Å². The van der Waals surface area contributed by atoms with Crippen molar-refractivity contribution in [3.05, 3.63) is 63.6 Å². The first-order valence-corrected chi connectivity index (χ1v) is 9.94. The van der Waals surface area contributed by atoms with Gasteiger partial charge < -0.3 is 4.74 Å². The summed E-state index contributed by atoms with van der Waals surface area (Å²) in [7, 11) is -3.87. The second-order valence-electron chi connectivity index (χ2n) is 5.42. The van der Waals surface area contributed by atoms with Crippen molar-refractivity contribution in [2.24, 2.45) is 0 Å². The summed E-state index contributed by atoms with van der Waals surface area (Å²) in [5, 5.41) is 0.555. The lowest BCUT2D eigenvalue weighted by Gasteiger charge is -2.19. The zero-order valence-electron chi connectivity index (χ0n) is 14.1. The van der Waals surface area contributed by atoms with Gasteiger partial charge in [-0.15, -0.1) is 4.83 Å². The number of esters is 1. The molecule has 140 valence electrons. The van der Waals surface area contributed by atoms with E-state index in [1.165, 1.54) is 24.3 Å². The number of halogens is 2. The fourth-order valence-corrected chi connectivity index (χ4v) is 3.30. The molecule has 0 aliphatic rings. The highest BCUT2D eigenvalue weighted by Gasteiger charge is 2.25. The molecule has 26 heavy (non-hydrogen) atoms. The van der Waals surface area contributed by atoms with Gasteiger partial charge in [-0.05, 0) is 43.7 Å². The monoisotopic (exact) mass is 416 g/mol. The minimum Gasteiger partial charge on any atom is -0.465 e. The SMILES string of the molecule is CCOC(=O)C(NNS(=O)(=O)c1ccc(C)cc1)c1ccc(Cl)c(Cl)c1. The molecular weight excluding hydrogens is 399 g/mol. The number of ether oxygens (including phenoxy) is 1. The first kappa shape index (κ1) is 20.7. The molecule has 0 fully saturated rings. The number of carbonyl (C=O) groups excluding carboxylic acids is 1. The van der Waals surface area contributed by atoms with Crippen molar-refractivity contribution in [3.8, 4) is 0 Å². The van der Waals surface area contributed by atoms with Crippen molar-refractivity contribution in [2.75, 3.05) is 6.61 Å². The number of carbonyl (C=O) groups is 1. The van der Waals surface area contributed by atoms with E-state index in [0.717, 1.165) is 5.56 Å². The fraction of sp³-hybridized carbons (Fsp3) is 0.235. The number of sulfonamides is 1. The van der Waals surface area contributed by atoms with E-state index in [1.807, 2.05) is 6.92 Å². The molecule has 0 saturated heterocycles. The Balaban J connectivity index is 2.25. The largest absolute Gasteiger partial charge is 0.465 e. The van der Waals surface area contributed by atoms with Gasteiger partial charge in [0, 0.05) is 0 Å². The summed E-state index contributed by atoms with van der Waals surface area (Å²) in [4.78, 5) is 14.5. The molecular formula is C17H18Cl2N2O4S. The minimum absolute atomic E-state index is 0.0624. The van der Waals surface area contributed by atoms with Crippen LogP contribution < -0.4 is 10.3 Å². The number of hydrogen-bond acceptors (Lipinski definition) is 5. The van der Waals surface area contributed by atoms with Crippen LogP contribution in [0.5, 0.6) is 0 Å². The number of hydrogen-bond donors (Lipinski definition) is 2. The van der Waals surface area contributed by atoms with Gasteiger partial charge in [0.25, 0.3) is 10.0 Å². The molecule has 1 atom stereocenters. The van der Waals surface area contributed by atoms with E-state index in [2.05, 4.69) is 10.3 Å². The average molecular weight is 417 g/mol. The zero-order valence-corrected chi connectivity index (χ0v) is 16.5. The molecule has 0 aromatic heterocycles. The smallest absolute Gasteiger partial charge is 0.329 e. The van der Waals surface area contributed by atoms with Crippen LogP contribution in [0.15, 0.2) is 47.4 Å². The molecule has 0 aliphatic carbocycles. The average Bonchev–Trinajstić information content (AvgIpc) is 2.58. The Morgan fingerprint density at radius 2 is 1.77 bits per heavy atom. The summed E-state index contributed by atoms with van der Waals surface area (Å²) < 4.78 is 29.8. The van der Waals surface area contributed by atoms with E-state index in [1.54, 1.807) is 25.1 Å². The van der Waals surface area contributed by atoms with Crippen molar-refractivity contribution >= 4 is 39.2 Å². The Bertz CT molecular complexity index is 886. The van der Waals surface area contributed by atoms with Crippen LogP contribution in [-0.2, 0) is 19.6 Å². The third-order valence-electron chi connectivity index (χ3n) is 3.47. The number of benzene rings is 2. The summed E-state index contributed by atoms with van der Waals surface area (Å²) in [6.45, 7) is 3.65. The van der Waals surface area contributed by atoms with Gasteiger partial charge in [-0.3, -0.25) is 0 Å². The van der Waals surface area contributed by atoms with Crippen molar-refractivity contribution in [1.29, 1.82) is 0 Å². The molecule has 0 radical (unpaired) electrons. The normalized spacial score (nSPS) is 12.6. The lowest BCUT2D eigenvalue weighted by Crippen LogP contribution is -2.43. The summed E-state index contributed by atoms with van der Waals surface area (Å²) in [6.07, 6.45) is 0. The second-order valence-corrected chi connectivity index (χ2v) is 7.92. The van der Waals surface area contributed by atoms with E-state index in [4.69, 9.17) is 27.9 Å². The standard InChI is InChI=1S/C17H18Cl2N2O4S/c1-3-25-17(22)16(12-6-9-14(18)15(19)10-12)20-21-26(23,24)13-7-4-11(2)5-8-13/h4-10,16,20-21H,3H2,1-2H3. The highest BCUT2D eigenvalue weighted by atomic mass is 35.5. The zero-order chi connectivity index (χ0) is 19.3. The van der Waals surface area contributed by atoms with Gasteiger partial charge >= 0.3 is 5.97 Å². The maximum Gasteiger partial charge on any atom is 0.329 e. The highest BCUT2D eigenvalue weighted by molar-refractivity contribution is 7.89. The Morgan fingerprint density at radius 1 is 1.12 bits per heavy atom. The van der Waals surface area contributed by atoms with Crippen molar-refractivity contribution in [3.63, 3.8) is 0 Å². The predicted molar refractivity (Wildman–Crippen MR) is 100 cm³/mol. The lowest BCUT2D eigenvalue weighted by molar-refractivity contribution is -0.146. The van der Waals surface area contributed by atoms with Gasteiger partial charge in [0.2, 0.25) is 0 Å². The number of aryl methyl sites for hydroxylation is 1. The molecule has 1 unspecified atom stereocenters. The van der Waals surface area contributed by atoms with Crippen LogP contribution in [0.4, 0.5) is 0 Å². The van der Waals surface area contributed by atoms with Crippen molar-refractivity contribution in [1.82, 2.24) is 10.3 Å². The molecule has 2 aromatic carbocycles. The van der Waals surface area contributed by atoms with Gasteiger partial charge in [0.15, 0.2) is 0 Å². The lowest BCUT2D eigenvalue weighted by atomic mass is 10.1. The van der Waals surface area contributed by atoms with Crippen LogP contribution in [0.3, 0.4) is 0 Å². The third-order valence-corrected chi connectivity index (χ3v) is 5.49. The van der Waals surface area contributed by atoms with E-state index in [-0.39, 0.29) is 16.5 Å². The molecule has 0 saturated carbocycles. The maximum atomic E-state index is 12.4. The fourth-order valence-electron chi connectivity index (χ4n) is 2.11. The molecule has 2 N–H and O–H groups in total. The highest BCUT2D eigenvalue weighted by Crippen LogP contribution is 2.26. The molecule has 0 amide bonds. The molecule has 0 aliphatic heterocycles. The van der Waals surface area contributed by atoms with Crippen LogP contribution in [0.1, 0.15) is 24.1 Å². The Morgan fingerprint density at radius 3 is 2.35 bits per heavy atom. The van der Waals surface area contributed by atoms with Crippen molar-refractivity contribution in [2.45, 2.75) is 24.8 Å². The van der Waals surface area contributed by atoms with E-state index in [9.17, 15) is 13.2 Å². The third kappa shape index (κ3) is 5.18. The molecule has 9 heteroatoms. The maximum absolute atomic E-state index is 12.4. The minimum atomic E-state index is -3.87. The van der Waals surface area contributed by atoms with Gasteiger partial charge in [-0.1, -0.05) is 47.0 Å². The number of nitrogens with one attached hydrogen (secondary N) is 2. The first-order valence-electron chi connectivity index (χ1n) is 7.70. The van der Waals surface area contributed by atoms with E-state index < -0.39 is 22.0 Å². The quantitative estimate of drug-likeness (QED) is 0.533. The van der Waals surface area contributed by atoms with Gasteiger partial charge in [-0.2, -0.15) is 0 Å². The molecule has 0 bridgehead atoms. The molecule has 2 aromatic rings. The van der Waals surface area contributed by atoms with Crippen LogP contribution in [0, 0.1) is 6.92 Å². The van der Waals surface area contributed by atoms with Crippen molar-refractivity contribution < 1.29 is 17.9 Å². The van der Waals surface area contributed by atoms with Crippen LogP contribution in [0.25, 0.3) is 0 Å². The Hall–Kier alpha value is -1.64. The van der Waals surface area contributed by atoms with E-state index in [0.29, 0.717) is 10.6 Å². The molecule has 2 rings (SSSR count). The summed E-state index contributed by atoms with van der Waals surface area (Å²) >= 11 is 11.9. The van der Waals surface area contributed by atoms with Crippen LogP contribution >= 0.6 is 23.2 Å². The van der Waals surface area contributed by atoms with Crippen LogP contribution in [-0.4, -0.2) is 21.0 Å². The summed E-state index contributed by atoms with van der Waals surface area (Å²) in [6, 6.07) is 9.75. The predicted octanol–water partition coefficient (Wildman–Crippen LogP) is 3.39. The summed E-state index contributed by atoms with van der Waals surface area (Å²) in [5.41, 5.74) is 3.84.